The molecule has 0 bridgehead atoms. The van der Waals surface area contributed by atoms with Crippen LogP contribution in [-0.2, 0) is 6.18 Å². The maximum Gasteiger partial charge on any atom is 0.418 e. The number of hydrogen-bond donors (Lipinski definition) is 2. The molecule has 0 unspecified atom stereocenters. The van der Waals surface area contributed by atoms with Crippen molar-refractivity contribution in [3.8, 4) is 17.3 Å². The Labute approximate surface area is 175 Å². The third kappa shape index (κ3) is 4.53. The van der Waals surface area contributed by atoms with Crippen molar-refractivity contribution in [3.63, 3.8) is 0 Å². The van der Waals surface area contributed by atoms with Gasteiger partial charge < -0.3 is 19.6 Å². The predicted octanol–water partition coefficient (Wildman–Crippen LogP) is 4.80. The molecule has 162 valence electrons. The Balaban J connectivity index is 1.86. The minimum atomic E-state index is -4.65. The van der Waals surface area contributed by atoms with Gasteiger partial charge in [-0.2, -0.15) is 13.2 Å². The van der Waals surface area contributed by atoms with Gasteiger partial charge in [-0.05, 0) is 49.1 Å². The smallest absolute Gasteiger partial charge is 0.418 e. The zero-order valence-electron chi connectivity index (χ0n) is 16.6. The third-order valence-corrected chi connectivity index (χ3v) is 4.49. The summed E-state index contributed by atoms with van der Waals surface area (Å²) in [6, 6.07) is 4.17. The predicted molar refractivity (Wildman–Crippen MR) is 108 cm³/mol. The molecule has 0 saturated carbocycles. The average molecular weight is 432 g/mol. The molecule has 0 spiro atoms. The van der Waals surface area contributed by atoms with Gasteiger partial charge in [0.15, 0.2) is 0 Å². The maximum absolute atomic E-state index is 13.9. The standard InChI is InChI=1S/C21H19F3N4O3/c1-11(2)30-13-8-15-14(12-4-5-12)10-17(26-18(15)16(9-13)21(22,23)24)19-27-28-20(31-19)25-6-3-7-29/h4,8-10,29H,1,3,5-7H2,2H3,(H,25,28). The third-order valence-electron chi connectivity index (χ3n) is 4.49. The monoisotopic (exact) mass is 432 g/mol. The quantitative estimate of drug-likeness (QED) is 0.390. The zero-order valence-corrected chi connectivity index (χ0v) is 16.6. The van der Waals surface area contributed by atoms with Crippen LogP contribution in [0.4, 0.5) is 19.2 Å². The van der Waals surface area contributed by atoms with E-state index in [1.54, 1.807) is 13.0 Å². The van der Waals surface area contributed by atoms with E-state index in [0.29, 0.717) is 30.3 Å². The van der Waals surface area contributed by atoms with Gasteiger partial charge in [-0.25, -0.2) is 4.98 Å². The number of anilines is 1. The molecule has 0 amide bonds. The van der Waals surface area contributed by atoms with Gasteiger partial charge in [0.2, 0.25) is 0 Å². The van der Waals surface area contributed by atoms with Crippen molar-refractivity contribution in [2.24, 2.45) is 0 Å². The fraction of sp³-hybridized carbons (Fsp3) is 0.286. The number of pyridine rings is 1. The van der Waals surface area contributed by atoms with E-state index in [1.165, 1.54) is 6.07 Å². The van der Waals surface area contributed by atoms with E-state index in [9.17, 15) is 13.2 Å². The molecular weight excluding hydrogens is 413 g/mol. The first kappa shape index (κ1) is 20.9. The summed E-state index contributed by atoms with van der Waals surface area (Å²) in [6.07, 6.45) is -1.59. The SMILES string of the molecule is C=C(C)Oc1cc(C(F)(F)F)c2nc(-c3nnc(NCCCO)o3)cc(C3=CC3)c2c1. The molecule has 10 heteroatoms. The van der Waals surface area contributed by atoms with Crippen LogP contribution in [-0.4, -0.2) is 33.4 Å². The van der Waals surface area contributed by atoms with E-state index in [1.807, 2.05) is 6.08 Å². The topological polar surface area (TPSA) is 93.3 Å². The number of halogens is 3. The molecule has 7 nitrogen and oxygen atoms in total. The van der Waals surface area contributed by atoms with Gasteiger partial charge >= 0.3 is 12.2 Å². The molecule has 2 N–H and O–H groups in total. The molecule has 2 aromatic heterocycles. The van der Waals surface area contributed by atoms with E-state index < -0.39 is 11.7 Å². The first-order valence-electron chi connectivity index (χ1n) is 9.53. The number of rotatable bonds is 8. The maximum atomic E-state index is 13.9. The lowest BCUT2D eigenvalue weighted by molar-refractivity contribution is -0.136. The lowest BCUT2D eigenvalue weighted by Gasteiger charge is -2.15. The molecule has 0 saturated heterocycles. The largest absolute Gasteiger partial charge is 0.463 e. The molecule has 1 aliphatic rings. The molecule has 0 atom stereocenters. The van der Waals surface area contributed by atoms with Crippen LogP contribution >= 0.6 is 0 Å². The summed E-state index contributed by atoms with van der Waals surface area (Å²) >= 11 is 0. The Hall–Kier alpha value is -3.40. The van der Waals surface area contributed by atoms with Crippen LogP contribution < -0.4 is 10.1 Å². The van der Waals surface area contributed by atoms with Crippen molar-refractivity contribution in [2.75, 3.05) is 18.5 Å². The fourth-order valence-electron chi connectivity index (χ4n) is 3.10. The summed E-state index contributed by atoms with van der Waals surface area (Å²) in [5.41, 5.74) is 0.485. The molecule has 1 aromatic carbocycles. The highest BCUT2D eigenvalue weighted by Crippen LogP contribution is 2.43. The summed E-state index contributed by atoms with van der Waals surface area (Å²) < 4.78 is 52.5. The lowest BCUT2D eigenvalue weighted by Crippen LogP contribution is -2.08. The van der Waals surface area contributed by atoms with Crippen molar-refractivity contribution < 1.29 is 27.4 Å². The number of hydrogen-bond acceptors (Lipinski definition) is 7. The first-order valence-corrected chi connectivity index (χ1v) is 9.53. The van der Waals surface area contributed by atoms with Gasteiger partial charge in [-0.3, -0.25) is 0 Å². The number of fused-ring (bicyclic) bond motifs is 1. The summed E-state index contributed by atoms with van der Waals surface area (Å²) in [6.45, 7) is 5.56. The molecule has 0 aliphatic heterocycles. The number of aromatic nitrogens is 3. The first-order chi connectivity index (χ1) is 14.8. The fourth-order valence-corrected chi connectivity index (χ4v) is 3.10. The Kier molecular flexibility index (Phi) is 5.40. The van der Waals surface area contributed by atoms with Gasteiger partial charge in [-0.15, -0.1) is 5.10 Å². The Bertz CT molecular complexity index is 1180. The van der Waals surface area contributed by atoms with Crippen molar-refractivity contribution >= 4 is 22.5 Å². The van der Waals surface area contributed by atoms with Crippen LogP contribution in [0.15, 0.2) is 41.0 Å². The Morgan fingerprint density at radius 3 is 2.71 bits per heavy atom. The molecule has 0 fully saturated rings. The molecular formula is C21H19F3N4O3. The second-order valence-corrected chi connectivity index (χ2v) is 7.07. The number of ether oxygens (including phenoxy) is 1. The number of nitrogens with one attached hydrogen (secondary N) is 1. The van der Waals surface area contributed by atoms with Gasteiger partial charge in [0.05, 0.1) is 16.8 Å². The highest BCUT2D eigenvalue weighted by atomic mass is 19.4. The number of aliphatic hydroxyl groups excluding tert-OH is 1. The number of nitrogens with zero attached hydrogens (tertiary/aromatic N) is 3. The van der Waals surface area contributed by atoms with E-state index in [0.717, 1.165) is 11.6 Å². The molecule has 0 radical (unpaired) electrons. The summed E-state index contributed by atoms with van der Waals surface area (Å²) in [7, 11) is 0. The van der Waals surface area contributed by atoms with Crippen molar-refractivity contribution in [2.45, 2.75) is 25.9 Å². The minimum Gasteiger partial charge on any atom is -0.463 e. The van der Waals surface area contributed by atoms with Gasteiger partial charge in [0, 0.05) is 18.5 Å². The highest BCUT2D eigenvalue weighted by Gasteiger charge is 2.35. The number of benzene rings is 1. The number of aliphatic hydroxyl groups is 1. The number of allylic oxidation sites excluding steroid dienone is 3. The second-order valence-electron chi connectivity index (χ2n) is 7.07. The second kappa shape index (κ2) is 8.03. The zero-order chi connectivity index (χ0) is 22.2. The van der Waals surface area contributed by atoms with E-state index in [4.69, 9.17) is 14.3 Å². The van der Waals surface area contributed by atoms with Crippen LogP contribution in [0.5, 0.6) is 5.75 Å². The molecule has 3 aromatic rings. The van der Waals surface area contributed by atoms with Crippen molar-refractivity contribution in [1.82, 2.24) is 15.2 Å². The van der Waals surface area contributed by atoms with Crippen LogP contribution in [0.2, 0.25) is 0 Å². The van der Waals surface area contributed by atoms with E-state index >= 15 is 0 Å². The Morgan fingerprint density at radius 2 is 2.06 bits per heavy atom. The van der Waals surface area contributed by atoms with Gasteiger partial charge in [-0.1, -0.05) is 17.8 Å². The van der Waals surface area contributed by atoms with Gasteiger partial charge in [0.1, 0.15) is 11.4 Å². The normalized spacial score (nSPS) is 13.3. The molecule has 2 heterocycles. The van der Waals surface area contributed by atoms with Crippen molar-refractivity contribution in [3.05, 3.63) is 47.7 Å². The summed E-state index contributed by atoms with van der Waals surface area (Å²) in [5.74, 6) is 0.306. The van der Waals surface area contributed by atoms with Crippen LogP contribution in [0.1, 0.15) is 30.9 Å². The van der Waals surface area contributed by atoms with E-state index in [-0.39, 0.29) is 41.2 Å². The summed E-state index contributed by atoms with van der Waals surface area (Å²) in [5, 5.41) is 19.7. The molecule has 4 rings (SSSR count). The molecule has 31 heavy (non-hydrogen) atoms. The van der Waals surface area contributed by atoms with Gasteiger partial charge in [0.25, 0.3) is 5.89 Å². The van der Waals surface area contributed by atoms with Crippen molar-refractivity contribution in [1.29, 1.82) is 0 Å². The average Bonchev–Trinajstić information content (AvgIpc) is 3.43. The van der Waals surface area contributed by atoms with Crippen LogP contribution in [0.25, 0.3) is 28.1 Å². The lowest BCUT2D eigenvalue weighted by atomic mass is 10.0. The Morgan fingerprint density at radius 1 is 1.29 bits per heavy atom. The van der Waals surface area contributed by atoms with Crippen LogP contribution in [0, 0.1) is 0 Å². The molecule has 1 aliphatic carbocycles. The highest BCUT2D eigenvalue weighted by molar-refractivity contribution is 5.99. The summed E-state index contributed by atoms with van der Waals surface area (Å²) in [4.78, 5) is 4.22. The number of alkyl halides is 3. The van der Waals surface area contributed by atoms with E-state index in [2.05, 4.69) is 27.1 Å². The minimum absolute atomic E-state index is 0.00397. The van der Waals surface area contributed by atoms with Crippen LogP contribution in [0.3, 0.4) is 0 Å².